The molecular formula is C21H25F2N3O5S. The molecule has 0 heterocycles. The van der Waals surface area contributed by atoms with E-state index in [0.717, 1.165) is 18.4 Å². The average Bonchev–Trinajstić information content (AvgIpc) is 2.75. The summed E-state index contributed by atoms with van der Waals surface area (Å²) in [4.78, 5) is 26.6. The molecule has 2 amide bonds. The van der Waals surface area contributed by atoms with Crippen LogP contribution in [0.3, 0.4) is 0 Å². The van der Waals surface area contributed by atoms with Crippen molar-refractivity contribution in [2.24, 2.45) is 0 Å². The van der Waals surface area contributed by atoms with Gasteiger partial charge in [-0.2, -0.15) is 0 Å². The van der Waals surface area contributed by atoms with Crippen molar-refractivity contribution >= 4 is 27.5 Å². The highest BCUT2D eigenvalue weighted by Crippen LogP contribution is 2.22. The molecule has 0 aliphatic rings. The molecule has 0 spiro atoms. The minimum Gasteiger partial charge on any atom is -0.497 e. The smallest absolute Gasteiger partial charge is 0.244 e. The number of sulfonamides is 1. The van der Waals surface area contributed by atoms with Crippen LogP contribution < -0.4 is 14.4 Å². The van der Waals surface area contributed by atoms with E-state index in [-0.39, 0.29) is 12.2 Å². The number of rotatable bonds is 9. The molecule has 0 fully saturated rings. The number of anilines is 1. The summed E-state index contributed by atoms with van der Waals surface area (Å²) in [6.45, 7) is 0.772. The van der Waals surface area contributed by atoms with Crippen molar-refractivity contribution in [2.75, 3.05) is 31.3 Å². The average molecular weight is 470 g/mol. The summed E-state index contributed by atoms with van der Waals surface area (Å²) in [5, 5.41) is 2.46. The van der Waals surface area contributed by atoms with Gasteiger partial charge in [0.05, 0.1) is 19.1 Å². The summed E-state index contributed by atoms with van der Waals surface area (Å²) in [6.07, 6.45) is 0.843. The van der Waals surface area contributed by atoms with E-state index in [2.05, 4.69) is 5.32 Å². The number of nitrogens with zero attached hydrogens (tertiary/aromatic N) is 2. The van der Waals surface area contributed by atoms with Gasteiger partial charge in [0, 0.05) is 19.7 Å². The Bertz CT molecular complexity index is 1090. The lowest BCUT2D eigenvalue weighted by Crippen LogP contribution is -2.50. The maximum absolute atomic E-state index is 13.7. The molecule has 174 valence electrons. The normalized spacial score (nSPS) is 12.1. The van der Waals surface area contributed by atoms with Crippen LogP contribution in [0.4, 0.5) is 14.5 Å². The summed E-state index contributed by atoms with van der Waals surface area (Å²) in [5.74, 6) is -3.03. The second-order valence-corrected chi connectivity index (χ2v) is 8.94. The first-order valence-corrected chi connectivity index (χ1v) is 11.4. The third-order valence-electron chi connectivity index (χ3n) is 4.77. The van der Waals surface area contributed by atoms with Crippen molar-refractivity contribution in [1.82, 2.24) is 10.2 Å². The van der Waals surface area contributed by atoms with Gasteiger partial charge in [0.25, 0.3) is 0 Å². The second-order valence-electron chi connectivity index (χ2n) is 7.03. The zero-order chi connectivity index (χ0) is 24.1. The van der Waals surface area contributed by atoms with E-state index >= 15 is 0 Å². The Morgan fingerprint density at radius 3 is 2.38 bits per heavy atom. The van der Waals surface area contributed by atoms with Gasteiger partial charge in [-0.1, -0.05) is 12.1 Å². The van der Waals surface area contributed by atoms with Gasteiger partial charge in [-0.15, -0.1) is 0 Å². The van der Waals surface area contributed by atoms with Crippen LogP contribution in [0.25, 0.3) is 0 Å². The van der Waals surface area contributed by atoms with Crippen LogP contribution in [-0.4, -0.2) is 58.1 Å². The number of ether oxygens (including phenoxy) is 1. The molecule has 2 aromatic carbocycles. The van der Waals surface area contributed by atoms with Crippen LogP contribution in [0.15, 0.2) is 42.5 Å². The van der Waals surface area contributed by atoms with Crippen LogP contribution in [0, 0.1) is 11.6 Å². The quantitative estimate of drug-likeness (QED) is 0.605. The molecule has 1 atom stereocenters. The molecule has 0 bridgehead atoms. The standard InChI is InChI=1S/C21H25F2N3O5S/c1-14(21(28)24-2)25(12-15-6-5-7-17(10-15)31-3)20(27)13-26(32(4,29)30)16-8-9-18(22)19(23)11-16/h5-11,14H,12-13H2,1-4H3,(H,24,28)/t14-/m1/s1. The van der Waals surface area contributed by atoms with Gasteiger partial charge in [0.2, 0.25) is 21.8 Å². The fourth-order valence-corrected chi connectivity index (χ4v) is 3.85. The van der Waals surface area contributed by atoms with Crippen molar-refractivity contribution < 1.29 is 31.5 Å². The first-order chi connectivity index (χ1) is 15.0. The highest BCUT2D eigenvalue weighted by Gasteiger charge is 2.30. The summed E-state index contributed by atoms with van der Waals surface area (Å²) < 4.78 is 57.5. The van der Waals surface area contributed by atoms with E-state index in [1.807, 2.05) is 0 Å². The maximum Gasteiger partial charge on any atom is 0.244 e. The zero-order valence-corrected chi connectivity index (χ0v) is 18.9. The van der Waals surface area contributed by atoms with Crippen molar-refractivity contribution in [1.29, 1.82) is 0 Å². The summed E-state index contributed by atoms with van der Waals surface area (Å²) in [7, 11) is -1.13. The maximum atomic E-state index is 13.7. The lowest BCUT2D eigenvalue weighted by molar-refractivity contribution is -0.139. The Morgan fingerprint density at radius 2 is 1.81 bits per heavy atom. The summed E-state index contributed by atoms with van der Waals surface area (Å²) >= 11 is 0. The van der Waals surface area contributed by atoms with Crippen LogP contribution in [-0.2, 0) is 26.2 Å². The molecule has 0 aliphatic heterocycles. The number of benzene rings is 2. The highest BCUT2D eigenvalue weighted by molar-refractivity contribution is 7.92. The number of carbonyl (C=O) groups is 2. The minimum absolute atomic E-state index is 0.0139. The molecular weight excluding hydrogens is 444 g/mol. The molecule has 32 heavy (non-hydrogen) atoms. The molecule has 0 aliphatic carbocycles. The van der Waals surface area contributed by atoms with E-state index in [4.69, 9.17) is 4.74 Å². The second kappa shape index (κ2) is 10.4. The Labute approximate surface area is 185 Å². The third-order valence-corrected chi connectivity index (χ3v) is 5.91. The lowest BCUT2D eigenvalue weighted by Gasteiger charge is -2.31. The van der Waals surface area contributed by atoms with Gasteiger partial charge in [0.15, 0.2) is 11.6 Å². The molecule has 2 rings (SSSR count). The predicted molar refractivity (Wildman–Crippen MR) is 116 cm³/mol. The molecule has 0 radical (unpaired) electrons. The Hall–Kier alpha value is -3.21. The molecule has 0 saturated carbocycles. The van der Waals surface area contributed by atoms with Crippen molar-refractivity contribution in [2.45, 2.75) is 19.5 Å². The number of likely N-dealkylation sites (N-methyl/N-ethyl adjacent to an activating group) is 1. The first kappa shape index (κ1) is 25.1. The topological polar surface area (TPSA) is 96.0 Å². The van der Waals surface area contributed by atoms with Gasteiger partial charge in [-0.25, -0.2) is 17.2 Å². The van der Waals surface area contributed by atoms with Gasteiger partial charge >= 0.3 is 0 Å². The van der Waals surface area contributed by atoms with Crippen LogP contribution >= 0.6 is 0 Å². The molecule has 8 nitrogen and oxygen atoms in total. The monoisotopic (exact) mass is 469 g/mol. The SMILES string of the molecule is CNC(=O)[C@@H](C)N(Cc1cccc(OC)c1)C(=O)CN(c1ccc(F)c(F)c1)S(C)(=O)=O. The number of methoxy groups -OCH3 is 1. The number of carbonyl (C=O) groups excluding carboxylic acids is 2. The Morgan fingerprint density at radius 1 is 1.12 bits per heavy atom. The van der Waals surface area contributed by atoms with E-state index < -0.39 is 46.1 Å². The van der Waals surface area contributed by atoms with Gasteiger partial charge in [0.1, 0.15) is 18.3 Å². The first-order valence-electron chi connectivity index (χ1n) is 9.54. The summed E-state index contributed by atoms with van der Waals surface area (Å²) in [6, 6.07) is 8.42. The largest absolute Gasteiger partial charge is 0.497 e. The number of halogens is 2. The minimum atomic E-state index is -4.04. The fourth-order valence-electron chi connectivity index (χ4n) is 3.01. The van der Waals surface area contributed by atoms with Crippen LogP contribution in [0.5, 0.6) is 5.75 Å². The lowest BCUT2D eigenvalue weighted by atomic mass is 10.1. The molecule has 11 heteroatoms. The molecule has 1 N–H and O–H groups in total. The Balaban J connectivity index is 2.41. The fraction of sp³-hybridized carbons (Fsp3) is 0.333. The van der Waals surface area contributed by atoms with E-state index in [9.17, 15) is 26.8 Å². The Kier molecular flexibility index (Phi) is 8.14. The highest BCUT2D eigenvalue weighted by atomic mass is 32.2. The third kappa shape index (κ3) is 6.16. The van der Waals surface area contributed by atoms with E-state index in [1.54, 1.807) is 24.3 Å². The number of hydrogen-bond donors (Lipinski definition) is 1. The van der Waals surface area contributed by atoms with E-state index in [0.29, 0.717) is 21.7 Å². The van der Waals surface area contributed by atoms with Crippen LogP contribution in [0.2, 0.25) is 0 Å². The van der Waals surface area contributed by atoms with Crippen LogP contribution in [0.1, 0.15) is 12.5 Å². The molecule has 0 saturated heterocycles. The van der Waals surface area contributed by atoms with Crippen molar-refractivity contribution in [3.63, 3.8) is 0 Å². The molecule has 2 aromatic rings. The van der Waals surface area contributed by atoms with Crippen molar-refractivity contribution in [3.05, 3.63) is 59.7 Å². The number of amides is 2. The van der Waals surface area contributed by atoms with E-state index in [1.165, 1.54) is 26.0 Å². The van der Waals surface area contributed by atoms with Gasteiger partial charge in [-0.3, -0.25) is 13.9 Å². The predicted octanol–water partition coefficient (Wildman–Crippen LogP) is 1.90. The number of nitrogens with one attached hydrogen (secondary N) is 1. The molecule has 0 unspecified atom stereocenters. The number of hydrogen-bond acceptors (Lipinski definition) is 5. The zero-order valence-electron chi connectivity index (χ0n) is 18.1. The van der Waals surface area contributed by atoms with Crippen molar-refractivity contribution in [3.8, 4) is 5.75 Å². The molecule has 0 aromatic heterocycles. The summed E-state index contributed by atoms with van der Waals surface area (Å²) in [5.41, 5.74) is 0.431. The van der Waals surface area contributed by atoms with Gasteiger partial charge < -0.3 is 15.0 Å². The van der Waals surface area contributed by atoms with Gasteiger partial charge in [-0.05, 0) is 36.8 Å².